The van der Waals surface area contributed by atoms with E-state index in [9.17, 15) is 14.7 Å². The summed E-state index contributed by atoms with van der Waals surface area (Å²) in [6.45, 7) is 5.10. The fourth-order valence-electron chi connectivity index (χ4n) is 5.02. The fourth-order valence-corrected chi connectivity index (χ4v) is 5.02. The van der Waals surface area contributed by atoms with Gasteiger partial charge in [0.05, 0.1) is 0 Å². The number of rotatable bonds is 6. The molecule has 0 aromatic carbocycles. The number of piperazine rings is 1. The van der Waals surface area contributed by atoms with E-state index in [-0.39, 0.29) is 11.8 Å². The molecule has 1 spiro atoms. The van der Waals surface area contributed by atoms with E-state index in [0.29, 0.717) is 13.0 Å². The van der Waals surface area contributed by atoms with E-state index in [4.69, 9.17) is 0 Å². The average molecular weight is 407 g/mol. The largest absolute Gasteiger partial charge is 0.383 e. The Hall–Kier alpha value is -2.06. The molecule has 0 bridgehead atoms. The third-order valence-corrected chi connectivity index (χ3v) is 6.80. The molecular formula is C21H31N5O3. The lowest BCUT2D eigenvalue weighted by Crippen LogP contribution is -2.56. The topological polar surface area (TPSA) is 89.9 Å². The first-order chi connectivity index (χ1) is 14.1. The summed E-state index contributed by atoms with van der Waals surface area (Å²) in [5.74, 6) is 0.311. The number of aliphatic hydroxyl groups is 1. The molecule has 1 N–H and O–H groups in total. The van der Waals surface area contributed by atoms with E-state index in [1.54, 1.807) is 12.4 Å². The highest BCUT2D eigenvalue weighted by atomic mass is 16.5. The molecule has 0 radical (unpaired) electrons. The number of imide groups is 1. The van der Waals surface area contributed by atoms with E-state index in [1.807, 2.05) is 6.07 Å². The minimum Gasteiger partial charge on any atom is -0.383 e. The summed E-state index contributed by atoms with van der Waals surface area (Å²) >= 11 is 0. The number of hydrogen-bond donors (Lipinski definition) is 1. The Morgan fingerprint density at radius 3 is 2.34 bits per heavy atom. The van der Waals surface area contributed by atoms with Crippen LogP contribution in [-0.4, -0.2) is 82.1 Å². The molecule has 1 saturated carbocycles. The van der Waals surface area contributed by atoms with Gasteiger partial charge in [-0.15, -0.1) is 0 Å². The van der Waals surface area contributed by atoms with Gasteiger partial charge in [-0.1, -0.05) is 12.8 Å². The van der Waals surface area contributed by atoms with Gasteiger partial charge in [0.1, 0.15) is 6.10 Å². The molecule has 29 heavy (non-hydrogen) atoms. The molecule has 158 valence electrons. The number of nitrogens with zero attached hydrogens (tertiary/aromatic N) is 5. The SMILES string of the molecule is O=[14C]1CC2(CCCC2)C(O)[14C](=O)N1CCCCN1CCN([14c]2ncccn2)CC1. The Morgan fingerprint density at radius 1 is 1.00 bits per heavy atom. The number of piperidine rings is 1. The zero-order valence-corrected chi connectivity index (χ0v) is 17.0. The zero-order valence-electron chi connectivity index (χ0n) is 17.0. The Balaban J connectivity index is 1.18. The number of hydrogen-bond acceptors (Lipinski definition) is 7. The van der Waals surface area contributed by atoms with Gasteiger partial charge in [-0.2, -0.15) is 0 Å². The van der Waals surface area contributed by atoms with Crippen LogP contribution in [0.3, 0.4) is 0 Å². The molecular weight excluding hydrogens is 376 g/mol. The number of aliphatic hydroxyl groups excluding tert-OH is 1. The second-order valence-electron chi connectivity index (χ2n) is 8.62. The smallest absolute Gasteiger partial charge is 0.258 e. The number of anilines is 1. The van der Waals surface area contributed by atoms with Gasteiger partial charge in [-0.25, -0.2) is 9.97 Å². The summed E-state index contributed by atoms with van der Waals surface area (Å²) in [5, 5.41) is 10.5. The lowest BCUT2D eigenvalue weighted by molar-refractivity contribution is -0.166. The van der Waals surface area contributed by atoms with Crippen molar-refractivity contribution in [2.75, 3.05) is 44.2 Å². The van der Waals surface area contributed by atoms with Gasteiger partial charge in [-0.05, 0) is 38.3 Å². The summed E-state index contributed by atoms with van der Waals surface area (Å²) in [4.78, 5) is 39.7. The number of aromatic nitrogens is 2. The number of carbonyl (C=O) groups excluding carboxylic acids is 2. The van der Waals surface area contributed by atoms with Crippen molar-refractivity contribution in [3.63, 3.8) is 0 Å². The lowest BCUT2D eigenvalue weighted by atomic mass is 9.83. The number of amides is 2. The van der Waals surface area contributed by atoms with Crippen molar-refractivity contribution in [2.24, 2.45) is 5.41 Å². The third-order valence-electron chi connectivity index (χ3n) is 6.80. The highest BCUT2D eigenvalue weighted by Gasteiger charge is 2.51. The molecule has 1 aromatic rings. The summed E-state index contributed by atoms with van der Waals surface area (Å²) in [5.41, 5.74) is -0.479. The van der Waals surface area contributed by atoms with Gasteiger partial charge in [0.2, 0.25) is 11.9 Å². The molecule has 1 aliphatic carbocycles. The van der Waals surface area contributed by atoms with E-state index >= 15 is 0 Å². The monoisotopic (exact) mass is 407 g/mol. The van der Waals surface area contributed by atoms with Crippen LogP contribution in [0.4, 0.5) is 5.95 Å². The number of likely N-dealkylation sites (tertiary alicyclic amines) is 1. The van der Waals surface area contributed by atoms with Gasteiger partial charge in [0, 0.05) is 57.0 Å². The van der Waals surface area contributed by atoms with Gasteiger partial charge < -0.3 is 10.0 Å². The van der Waals surface area contributed by atoms with Crippen LogP contribution >= 0.6 is 0 Å². The van der Waals surface area contributed by atoms with E-state index in [2.05, 4.69) is 19.8 Å². The van der Waals surface area contributed by atoms with Crippen molar-refractivity contribution in [3.8, 4) is 0 Å². The van der Waals surface area contributed by atoms with Gasteiger partial charge in [0.15, 0.2) is 0 Å². The highest BCUT2D eigenvalue weighted by molar-refractivity contribution is 6.01. The number of carbonyl (C=O) groups is 2. The molecule has 2 saturated heterocycles. The van der Waals surface area contributed by atoms with Crippen LogP contribution in [0.15, 0.2) is 18.5 Å². The van der Waals surface area contributed by atoms with Crippen molar-refractivity contribution in [3.05, 3.63) is 18.5 Å². The molecule has 2 aliphatic heterocycles. The second kappa shape index (κ2) is 8.75. The molecule has 3 fully saturated rings. The Kier molecular flexibility index (Phi) is 6.10. The molecule has 2 amide bonds. The first kappa shape index (κ1) is 20.2. The summed E-state index contributed by atoms with van der Waals surface area (Å²) < 4.78 is 0. The van der Waals surface area contributed by atoms with Crippen molar-refractivity contribution >= 4 is 17.8 Å². The van der Waals surface area contributed by atoms with Crippen molar-refractivity contribution in [2.45, 2.75) is 51.0 Å². The normalized spacial score (nSPS) is 25.2. The lowest BCUT2D eigenvalue weighted by Gasteiger charge is -2.41. The van der Waals surface area contributed by atoms with E-state index < -0.39 is 11.5 Å². The first-order valence-electron chi connectivity index (χ1n) is 10.9. The van der Waals surface area contributed by atoms with Crippen LogP contribution in [0.1, 0.15) is 44.9 Å². The van der Waals surface area contributed by atoms with Crippen LogP contribution in [0.25, 0.3) is 0 Å². The van der Waals surface area contributed by atoms with Crippen LogP contribution in [0.2, 0.25) is 0 Å². The molecule has 8 nitrogen and oxygen atoms in total. The minimum absolute atomic E-state index is 0.0984. The molecule has 1 atom stereocenters. The van der Waals surface area contributed by atoms with Crippen molar-refractivity contribution in [1.29, 1.82) is 0 Å². The van der Waals surface area contributed by atoms with E-state index in [1.165, 1.54) is 4.90 Å². The van der Waals surface area contributed by atoms with Crippen LogP contribution in [-0.2, 0) is 9.59 Å². The minimum atomic E-state index is -1.00. The Labute approximate surface area is 171 Å². The maximum Gasteiger partial charge on any atom is 0.258 e. The summed E-state index contributed by atoms with van der Waals surface area (Å²) in [7, 11) is 0. The zero-order chi connectivity index (χ0) is 20.3. The van der Waals surface area contributed by atoms with Gasteiger partial charge in [0.25, 0.3) is 5.91 Å². The predicted molar refractivity (Wildman–Crippen MR) is 108 cm³/mol. The Morgan fingerprint density at radius 2 is 1.66 bits per heavy atom. The summed E-state index contributed by atoms with van der Waals surface area (Å²) in [6.07, 6.45) is 8.15. The number of unbranched alkanes of at least 4 members (excludes halogenated alkanes) is 1. The van der Waals surface area contributed by atoms with E-state index in [0.717, 1.165) is 77.2 Å². The molecule has 3 heterocycles. The van der Waals surface area contributed by atoms with Crippen LogP contribution in [0.5, 0.6) is 0 Å². The highest BCUT2D eigenvalue weighted by Crippen LogP contribution is 2.47. The quantitative estimate of drug-likeness (QED) is 0.557. The van der Waals surface area contributed by atoms with Crippen molar-refractivity contribution in [1.82, 2.24) is 19.8 Å². The maximum atomic E-state index is 12.6. The molecule has 1 unspecified atom stereocenters. The van der Waals surface area contributed by atoms with Crippen LogP contribution in [0, 0.1) is 5.41 Å². The molecule has 3 aliphatic rings. The standard InChI is InChI=1S/C21H31N5O3/c27-17-16-21(6-1-2-7-21)18(28)19(29)26(17)11-4-3-10-24-12-14-25(15-13-24)20-22-8-5-9-23-20/h5,8-9,18,28H,1-4,6-7,10-16H2/i17+2,19+2,20+2. The Bertz CT molecular complexity index is 714. The van der Waals surface area contributed by atoms with Gasteiger partial charge >= 0.3 is 0 Å². The fraction of sp³-hybridized carbons (Fsp3) is 0.714. The summed E-state index contributed by atoms with van der Waals surface area (Å²) in [6, 6.07) is 1.82. The third kappa shape index (κ3) is 4.28. The first-order valence-corrected chi connectivity index (χ1v) is 10.9. The molecule has 4 rings (SSSR count). The van der Waals surface area contributed by atoms with Crippen molar-refractivity contribution < 1.29 is 14.7 Å². The predicted octanol–water partition coefficient (Wildman–Crippen LogP) is 1.06. The molecule has 8 heteroatoms. The maximum absolute atomic E-state index is 12.6. The molecule has 1 aromatic heterocycles. The second-order valence-corrected chi connectivity index (χ2v) is 8.62. The average Bonchev–Trinajstić information content (AvgIpc) is 3.22. The van der Waals surface area contributed by atoms with Gasteiger partial charge in [-0.3, -0.25) is 19.4 Å². The van der Waals surface area contributed by atoms with Crippen LogP contribution < -0.4 is 4.90 Å².